The van der Waals surface area contributed by atoms with Crippen LogP contribution in [0, 0.1) is 12.9 Å². The summed E-state index contributed by atoms with van der Waals surface area (Å²) in [7, 11) is 0. The molecular weight excluding hydrogens is 431 g/mol. The summed E-state index contributed by atoms with van der Waals surface area (Å²) in [6.07, 6.45) is 3.06. The summed E-state index contributed by atoms with van der Waals surface area (Å²) in [4.78, 5) is 25.2. The zero-order chi connectivity index (χ0) is 22.5. The van der Waals surface area contributed by atoms with E-state index < -0.39 is 5.95 Å². The molecule has 9 heteroatoms. The Bertz CT molecular complexity index is 1180. The first-order valence-corrected chi connectivity index (χ1v) is 10.5. The summed E-state index contributed by atoms with van der Waals surface area (Å²) in [5.41, 5.74) is 3.60. The maximum atomic E-state index is 14.5. The summed E-state index contributed by atoms with van der Waals surface area (Å²) < 4.78 is 14.5. The first-order chi connectivity index (χ1) is 15.5. The SMILES string of the molecule is Cc1cnc(F)c(-c2cc(CNC3=NCCN3)cc(C(=O)NCc3cc(Cl)ccn3)c2)c1. The molecule has 0 unspecified atom stereocenters. The predicted octanol–water partition coefficient (Wildman–Crippen LogP) is 3.22. The molecule has 0 bridgehead atoms. The highest BCUT2D eigenvalue weighted by Crippen LogP contribution is 2.25. The highest BCUT2D eigenvalue weighted by Gasteiger charge is 2.14. The number of nitrogens with one attached hydrogen (secondary N) is 3. The van der Waals surface area contributed by atoms with Gasteiger partial charge >= 0.3 is 0 Å². The molecule has 0 saturated heterocycles. The van der Waals surface area contributed by atoms with Gasteiger partial charge in [-0.2, -0.15) is 4.39 Å². The van der Waals surface area contributed by atoms with Crippen LogP contribution in [0.2, 0.25) is 5.02 Å². The number of nitrogens with zero attached hydrogens (tertiary/aromatic N) is 3. The number of amides is 1. The fourth-order valence-corrected chi connectivity index (χ4v) is 3.54. The van der Waals surface area contributed by atoms with Crippen molar-refractivity contribution in [2.75, 3.05) is 13.1 Å². The molecule has 0 fully saturated rings. The van der Waals surface area contributed by atoms with Gasteiger partial charge in [0.2, 0.25) is 5.95 Å². The Morgan fingerprint density at radius 1 is 1.19 bits per heavy atom. The molecule has 3 N–H and O–H groups in total. The number of rotatable bonds is 6. The lowest BCUT2D eigenvalue weighted by Gasteiger charge is -2.13. The molecule has 3 aromatic rings. The Hall–Kier alpha value is -3.52. The van der Waals surface area contributed by atoms with Crippen LogP contribution in [-0.2, 0) is 13.1 Å². The number of aryl methyl sites for hydroxylation is 1. The summed E-state index contributed by atoms with van der Waals surface area (Å²) in [6.45, 7) is 3.99. The molecule has 32 heavy (non-hydrogen) atoms. The van der Waals surface area contributed by atoms with Gasteiger partial charge in [-0.25, -0.2) is 4.98 Å². The average Bonchev–Trinajstić information content (AvgIpc) is 3.31. The number of hydrogen-bond donors (Lipinski definition) is 3. The summed E-state index contributed by atoms with van der Waals surface area (Å²) in [5, 5.41) is 9.74. The van der Waals surface area contributed by atoms with Crippen LogP contribution in [0.5, 0.6) is 0 Å². The molecule has 1 amide bonds. The standard InChI is InChI=1S/C23H22ClFN6O/c1-14-6-20(21(25)29-11-14)16-7-15(12-31-23-27-4-5-28-23)8-17(9-16)22(32)30-13-19-10-18(24)2-3-26-19/h2-3,6-11H,4-5,12-13H2,1H3,(H,30,32)(H2,27,28,31). The highest BCUT2D eigenvalue weighted by atomic mass is 35.5. The van der Waals surface area contributed by atoms with E-state index in [9.17, 15) is 9.18 Å². The number of halogens is 2. The van der Waals surface area contributed by atoms with Crippen LogP contribution in [0.3, 0.4) is 0 Å². The molecule has 0 saturated carbocycles. The number of guanidine groups is 1. The van der Waals surface area contributed by atoms with Crippen molar-refractivity contribution in [3.8, 4) is 11.1 Å². The smallest absolute Gasteiger partial charge is 0.251 e. The molecule has 1 aromatic carbocycles. The van der Waals surface area contributed by atoms with Crippen LogP contribution in [-0.4, -0.2) is 34.9 Å². The lowest BCUT2D eigenvalue weighted by molar-refractivity contribution is 0.0950. The Morgan fingerprint density at radius 2 is 2.06 bits per heavy atom. The fraction of sp³-hybridized carbons (Fsp3) is 0.217. The van der Waals surface area contributed by atoms with Crippen LogP contribution in [0.4, 0.5) is 4.39 Å². The van der Waals surface area contributed by atoms with E-state index in [0.29, 0.717) is 46.5 Å². The van der Waals surface area contributed by atoms with Gasteiger partial charge in [-0.15, -0.1) is 0 Å². The molecular formula is C23H22ClFN6O. The van der Waals surface area contributed by atoms with Crippen molar-refractivity contribution in [3.05, 3.63) is 82.1 Å². The second kappa shape index (κ2) is 9.74. The molecule has 0 spiro atoms. The van der Waals surface area contributed by atoms with Crippen LogP contribution in [0.1, 0.15) is 27.2 Å². The quantitative estimate of drug-likeness (QED) is 0.499. The Kier molecular flexibility index (Phi) is 6.61. The minimum absolute atomic E-state index is 0.221. The van der Waals surface area contributed by atoms with Crippen molar-refractivity contribution >= 4 is 23.5 Å². The van der Waals surface area contributed by atoms with E-state index in [-0.39, 0.29) is 12.5 Å². The number of pyridine rings is 2. The summed E-state index contributed by atoms with van der Waals surface area (Å²) >= 11 is 5.99. The number of aliphatic imine (C=N–C) groups is 1. The van der Waals surface area contributed by atoms with Gasteiger partial charge in [0.1, 0.15) is 0 Å². The van der Waals surface area contributed by atoms with Crippen LogP contribution in [0.25, 0.3) is 11.1 Å². The number of hydrogen-bond acceptors (Lipinski definition) is 6. The van der Waals surface area contributed by atoms with Crippen LogP contribution >= 0.6 is 11.6 Å². The van der Waals surface area contributed by atoms with E-state index in [4.69, 9.17) is 11.6 Å². The molecule has 1 aliphatic heterocycles. The van der Waals surface area contributed by atoms with E-state index in [1.165, 1.54) is 6.20 Å². The highest BCUT2D eigenvalue weighted by molar-refractivity contribution is 6.30. The topological polar surface area (TPSA) is 91.3 Å². The third-order valence-corrected chi connectivity index (χ3v) is 5.12. The van der Waals surface area contributed by atoms with Gasteiger partial charge in [0, 0.05) is 41.6 Å². The monoisotopic (exact) mass is 452 g/mol. The van der Waals surface area contributed by atoms with Crippen molar-refractivity contribution in [2.24, 2.45) is 4.99 Å². The van der Waals surface area contributed by atoms with Crippen molar-refractivity contribution in [1.82, 2.24) is 25.9 Å². The van der Waals surface area contributed by atoms with E-state index in [1.807, 2.05) is 13.0 Å². The van der Waals surface area contributed by atoms with Gasteiger partial charge in [-0.1, -0.05) is 11.6 Å². The average molecular weight is 453 g/mol. The van der Waals surface area contributed by atoms with E-state index in [1.54, 1.807) is 36.5 Å². The Labute approximate surface area is 190 Å². The van der Waals surface area contributed by atoms with Gasteiger partial charge in [0.25, 0.3) is 5.91 Å². The van der Waals surface area contributed by atoms with E-state index >= 15 is 0 Å². The molecule has 3 heterocycles. The first kappa shape index (κ1) is 21.7. The van der Waals surface area contributed by atoms with Gasteiger partial charge < -0.3 is 16.0 Å². The summed E-state index contributed by atoms with van der Waals surface area (Å²) in [6, 6.07) is 10.4. The molecule has 164 valence electrons. The third-order valence-electron chi connectivity index (χ3n) is 4.88. The lowest BCUT2D eigenvalue weighted by Crippen LogP contribution is -2.33. The molecule has 2 aromatic heterocycles. The number of benzene rings is 1. The van der Waals surface area contributed by atoms with Gasteiger partial charge in [0.15, 0.2) is 5.96 Å². The van der Waals surface area contributed by atoms with Crippen molar-refractivity contribution in [1.29, 1.82) is 0 Å². The van der Waals surface area contributed by atoms with Gasteiger partial charge in [-0.05, 0) is 60.0 Å². The molecule has 0 atom stereocenters. The first-order valence-electron chi connectivity index (χ1n) is 10.2. The zero-order valence-electron chi connectivity index (χ0n) is 17.5. The molecule has 4 rings (SSSR count). The van der Waals surface area contributed by atoms with Crippen LogP contribution < -0.4 is 16.0 Å². The third kappa shape index (κ3) is 5.39. The zero-order valence-corrected chi connectivity index (χ0v) is 18.2. The number of aromatic nitrogens is 2. The lowest BCUT2D eigenvalue weighted by atomic mass is 9.99. The molecule has 7 nitrogen and oxygen atoms in total. The maximum Gasteiger partial charge on any atom is 0.251 e. The van der Waals surface area contributed by atoms with Crippen LogP contribution in [0.15, 0.2) is 53.8 Å². The minimum atomic E-state index is -0.586. The summed E-state index contributed by atoms with van der Waals surface area (Å²) in [5.74, 6) is -0.180. The largest absolute Gasteiger partial charge is 0.355 e. The van der Waals surface area contributed by atoms with Crippen molar-refractivity contribution < 1.29 is 9.18 Å². The van der Waals surface area contributed by atoms with Gasteiger partial charge in [0.05, 0.1) is 18.8 Å². The predicted molar refractivity (Wildman–Crippen MR) is 122 cm³/mol. The molecule has 0 aliphatic carbocycles. The number of carbonyl (C=O) groups is 1. The maximum absolute atomic E-state index is 14.5. The molecule has 0 radical (unpaired) electrons. The Morgan fingerprint density at radius 3 is 2.84 bits per heavy atom. The van der Waals surface area contributed by atoms with Crippen molar-refractivity contribution in [3.63, 3.8) is 0 Å². The normalized spacial score (nSPS) is 12.8. The van der Waals surface area contributed by atoms with E-state index in [0.717, 1.165) is 17.7 Å². The minimum Gasteiger partial charge on any atom is -0.355 e. The number of carbonyl (C=O) groups excluding carboxylic acids is 1. The molecule has 1 aliphatic rings. The Balaban J connectivity index is 1.61. The second-order valence-corrected chi connectivity index (χ2v) is 7.86. The second-order valence-electron chi connectivity index (χ2n) is 7.43. The van der Waals surface area contributed by atoms with Crippen molar-refractivity contribution in [2.45, 2.75) is 20.0 Å². The van der Waals surface area contributed by atoms with Gasteiger partial charge in [-0.3, -0.25) is 14.8 Å². The fourth-order valence-electron chi connectivity index (χ4n) is 3.36. The van der Waals surface area contributed by atoms with E-state index in [2.05, 4.69) is 30.9 Å².